The third kappa shape index (κ3) is 3.55. The number of carbonyl (C=O) groups excluding carboxylic acids is 1. The lowest BCUT2D eigenvalue weighted by Gasteiger charge is -2.06. The first kappa shape index (κ1) is 12.0. The molecule has 0 radical (unpaired) electrons. The molecular weight excluding hydrogens is 228 g/mol. The van der Waals surface area contributed by atoms with Gasteiger partial charge in [0.2, 0.25) is 0 Å². The molecule has 0 spiro atoms. The zero-order chi connectivity index (χ0) is 12.8. The van der Waals surface area contributed by atoms with Gasteiger partial charge in [-0.3, -0.25) is 10.3 Å². The van der Waals surface area contributed by atoms with Crippen molar-refractivity contribution in [1.82, 2.24) is 15.3 Å². The van der Waals surface area contributed by atoms with Gasteiger partial charge >= 0.3 is 6.03 Å². The van der Waals surface area contributed by atoms with Gasteiger partial charge in [-0.05, 0) is 31.2 Å². The third-order valence-electron chi connectivity index (χ3n) is 2.29. The van der Waals surface area contributed by atoms with Gasteiger partial charge in [-0.15, -0.1) is 0 Å². The van der Waals surface area contributed by atoms with E-state index in [1.54, 1.807) is 12.3 Å². The lowest BCUT2D eigenvalue weighted by Crippen LogP contribution is -2.28. The van der Waals surface area contributed by atoms with Crippen molar-refractivity contribution in [2.24, 2.45) is 0 Å². The Morgan fingerprint density at radius 2 is 2.11 bits per heavy atom. The van der Waals surface area contributed by atoms with E-state index in [2.05, 4.69) is 20.6 Å². The standard InChI is InChI=1S/C13H14N4O/c1-10-5-4-7-12(16-10)17-13(18)15-9-11-6-2-3-8-14-11/h2-8H,9H2,1H3,(H2,15,16,17,18). The normalized spacial score (nSPS) is 9.83. The summed E-state index contributed by atoms with van der Waals surface area (Å²) in [6.45, 7) is 2.26. The summed E-state index contributed by atoms with van der Waals surface area (Å²) in [7, 11) is 0. The molecule has 5 nitrogen and oxygen atoms in total. The van der Waals surface area contributed by atoms with Crippen molar-refractivity contribution in [3.63, 3.8) is 0 Å². The largest absolute Gasteiger partial charge is 0.332 e. The maximum Gasteiger partial charge on any atom is 0.320 e. The van der Waals surface area contributed by atoms with Crippen LogP contribution >= 0.6 is 0 Å². The molecule has 2 rings (SSSR count). The van der Waals surface area contributed by atoms with E-state index in [1.165, 1.54) is 0 Å². The van der Waals surface area contributed by atoms with Crippen LogP contribution < -0.4 is 10.6 Å². The zero-order valence-corrected chi connectivity index (χ0v) is 10.1. The van der Waals surface area contributed by atoms with Crippen LogP contribution in [-0.2, 0) is 6.54 Å². The van der Waals surface area contributed by atoms with Crippen molar-refractivity contribution in [1.29, 1.82) is 0 Å². The highest BCUT2D eigenvalue weighted by Crippen LogP contribution is 2.03. The Bertz CT molecular complexity index is 528. The van der Waals surface area contributed by atoms with Crippen LogP contribution in [0.3, 0.4) is 0 Å². The Hall–Kier alpha value is -2.43. The minimum atomic E-state index is -0.293. The molecule has 2 aromatic rings. The number of nitrogens with zero attached hydrogens (tertiary/aromatic N) is 2. The second-order valence-corrected chi connectivity index (χ2v) is 3.79. The van der Waals surface area contributed by atoms with Crippen LogP contribution in [0.1, 0.15) is 11.4 Å². The van der Waals surface area contributed by atoms with Gasteiger partial charge in [0.1, 0.15) is 5.82 Å². The summed E-state index contributed by atoms with van der Waals surface area (Å²) in [6, 6.07) is 10.7. The first-order valence-corrected chi connectivity index (χ1v) is 5.62. The second-order valence-electron chi connectivity index (χ2n) is 3.79. The molecule has 0 aliphatic rings. The smallest absolute Gasteiger partial charge is 0.320 e. The Kier molecular flexibility index (Phi) is 3.86. The molecule has 0 unspecified atom stereocenters. The van der Waals surface area contributed by atoms with E-state index in [0.717, 1.165) is 11.4 Å². The minimum Gasteiger partial charge on any atom is -0.332 e. The number of urea groups is 1. The van der Waals surface area contributed by atoms with E-state index >= 15 is 0 Å². The predicted octanol–water partition coefficient (Wildman–Crippen LogP) is 2.11. The van der Waals surface area contributed by atoms with Crippen LogP contribution in [0.5, 0.6) is 0 Å². The molecule has 2 N–H and O–H groups in total. The SMILES string of the molecule is Cc1cccc(NC(=O)NCc2ccccn2)n1. The molecule has 0 saturated carbocycles. The minimum absolute atomic E-state index is 0.293. The van der Waals surface area contributed by atoms with Crippen LogP contribution in [0.25, 0.3) is 0 Å². The van der Waals surface area contributed by atoms with Crippen LogP contribution in [0, 0.1) is 6.92 Å². The highest BCUT2D eigenvalue weighted by Gasteiger charge is 2.02. The van der Waals surface area contributed by atoms with Crippen LogP contribution in [0.4, 0.5) is 10.6 Å². The van der Waals surface area contributed by atoms with E-state index in [0.29, 0.717) is 12.4 Å². The fraction of sp³-hybridized carbons (Fsp3) is 0.154. The molecule has 0 aromatic carbocycles. The number of hydrogen-bond acceptors (Lipinski definition) is 3. The van der Waals surface area contributed by atoms with Crippen molar-refractivity contribution < 1.29 is 4.79 Å². The van der Waals surface area contributed by atoms with E-state index in [1.807, 2.05) is 37.3 Å². The van der Waals surface area contributed by atoms with E-state index < -0.39 is 0 Å². The van der Waals surface area contributed by atoms with Crippen LogP contribution in [0.15, 0.2) is 42.6 Å². The number of carbonyl (C=O) groups is 1. The van der Waals surface area contributed by atoms with Gasteiger partial charge in [0, 0.05) is 11.9 Å². The number of anilines is 1. The van der Waals surface area contributed by atoms with E-state index in [-0.39, 0.29) is 6.03 Å². The Labute approximate surface area is 105 Å². The van der Waals surface area contributed by atoms with Crippen molar-refractivity contribution in [2.75, 3.05) is 5.32 Å². The summed E-state index contributed by atoms with van der Waals surface area (Å²) in [4.78, 5) is 19.9. The van der Waals surface area contributed by atoms with Crippen LogP contribution in [-0.4, -0.2) is 16.0 Å². The maximum atomic E-state index is 11.6. The third-order valence-corrected chi connectivity index (χ3v) is 2.29. The molecule has 92 valence electrons. The molecule has 2 amide bonds. The van der Waals surface area contributed by atoms with Crippen molar-refractivity contribution in [2.45, 2.75) is 13.5 Å². The van der Waals surface area contributed by atoms with Gasteiger partial charge in [0.15, 0.2) is 0 Å². The molecule has 0 aliphatic heterocycles. The van der Waals surface area contributed by atoms with Gasteiger partial charge in [0.05, 0.1) is 12.2 Å². The molecular formula is C13H14N4O. The lowest BCUT2D eigenvalue weighted by atomic mass is 10.3. The molecule has 2 heterocycles. The van der Waals surface area contributed by atoms with E-state index in [9.17, 15) is 4.79 Å². The number of aryl methyl sites for hydroxylation is 1. The molecule has 5 heteroatoms. The molecule has 0 saturated heterocycles. The summed E-state index contributed by atoms with van der Waals surface area (Å²) in [6.07, 6.45) is 1.69. The molecule has 18 heavy (non-hydrogen) atoms. The Morgan fingerprint density at radius 3 is 2.83 bits per heavy atom. The quantitative estimate of drug-likeness (QED) is 0.866. The molecule has 0 fully saturated rings. The number of hydrogen-bond donors (Lipinski definition) is 2. The Morgan fingerprint density at radius 1 is 1.22 bits per heavy atom. The van der Waals surface area contributed by atoms with Crippen molar-refractivity contribution >= 4 is 11.8 Å². The number of nitrogens with one attached hydrogen (secondary N) is 2. The van der Waals surface area contributed by atoms with Gasteiger partial charge in [-0.2, -0.15) is 0 Å². The van der Waals surface area contributed by atoms with Crippen molar-refractivity contribution in [3.05, 3.63) is 54.0 Å². The zero-order valence-electron chi connectivity index (χ0n) is 10.1. The maximum absolute atomic E-state index is 11.6. The average molecular weight is 242 g/mol. The first-order valence-electron chi connectivity index (χ1n) is 5.62. The fourth-order valence-corrected chi connectivity index (χ4v) is 1.45. The van der Waals surface area contributed by atoms with Gasteiger partial charge < -0.3 is 5.32 Å². The monoisotopic (exact) mass is 242 g/mol. The Balaban J connectivity index is 1.86. The fourth-order valence-electron chi connectivity index (χ4n) is 1.45. The summed E-state index contributed by atoms with van der Waals surface area (Å²) in [5.41, 5.74) is 1.67. The summed E-state index contributed by atoms with van der Waals surface area (Å²) < 4.78 is 0. The van der Waals surface area contributed by atoms with Crippen molar-refractivity contribution in [3.8, 4) is 0 Å². The predicted molar refractivity (Wildman–Crippen MR) is 69.1 cm³/mol. The lowest BCUT2D eigenvalue weighted by molar-refractivity contribution is 0.251. The topological polar surface area (TPSA) is 66.9 Å². The molecule has 0 bridgehead atoms. The average Bonchev–Trinajstić information content (AvgIpc) is 2.38. The second kappa shape index (κ2) is 5.77. The molecule has 0 atom stereocenters. The highest BCUT2D eigenvalue weighted by atomic mass is 16.2. The number of rotatable bonds is 3. The summed E-state index contributed by atoms with van der Waals surface area (Å²) >= 11 is 0. The van der Waals surface area contributed by atoms with Gasteiger partial charge in [0.25, 0.3) is 0 Å². The molecule has 2 aromatic heterocycles. The van der Waals surface area contributed by atoms with Crippen LogP contribution in [0.2, 0.25) is 0 Å². The number of pyridine rings is 2. The van der Waals surface area contributed by atoms with E-state index in [4.69, 9.17) is 0 Å². The number of aromatic nitrogens is 2. The van der Waals surface area contributed by atoms with Gasteiger partial charge in [-0.1, -0.05) is 12.1 Å². The highest BCUT2D eigenvalue weighted by molar-refractivity contribution is 5.88. The summed E-state index contributed by atoms with van der Waals surface area (Å²) in [5.74, 6) is 0.536. The first-order chi connectivity index (χ1) is 8.74. The van der Waals surface area contributed by atoms with Gasteiger partial charge in [-0.25, -0.2) is 9.78 Å². The number of amides is 2. The summed E-state index contributed by atoms with van der Waals surface area (Å²) in [5, 5.41) is 5.38. The molecule has 0 aliphatic carbocycles.